The van der Waals surface area contributed by atoms with Crippen LogP contribution < -0.4 is 5.32 Å². The lowest BCUT2D eigenvalue weighted by Crippen LogP contribution is -2.31. The number of hydrogen-bond donors (Lipinski definition) is 1. The third-order valence-corrected chi connectivity index (χ3v) is 3.92. The van der Waals surface area contributed by atoms with E-state index in [4.69, 9.17) is 4.74 Å². The van der Waals surface area contributed by atoms with Crippen molar-refractivity contribution in [2.24, 2.45) is 0 Å². The molecule has 1 atom stereocenters. The van der Waals surface area contributed by atoms with E-state index in [1.54, 1.807) is 7.11 Å². The van der Waals surface area contributed by atoms with Gasteiger partial charge in [0, 0.05) is 22.9 Å². The van der Waals surface area contributed by atoms with Crippen LogP contribution in [0.5, 0.6) is 0 Å². The molecule has 1 unspecified atom stereocenters. The van der Waals surface area contributed by atoms with Crippen molar-refractivity contribution >= 4 is 11.3 Å². The lowest BCUT2D eigenvalue weighted by atomic mass is 9.97. The van der Waals surface area contributed by atoms with Gasteiger partial charge < -0.3 is 10.1 Å². The zero-order valence-corrected chi connectivity index (χ0v) is 11.8. The first-order chi connectivity index (χ1) is 7.48. The summed E-state index contributed by atoms with van der Waals surface area (Å²) in [4.78, 5) is 2.78. The summed E-state index contributed by atoms with van der Waals surface area (Å²) in [5.41, 5.74) is -0.0786. The fourth-order valence-electron chi connectivity index (χ4n) is 1.74. The minimum atomic E-state index is -0.0786. The van der Waals surface area contributed by atoms with Crippen LogP contribution in [0.1, 0.15) is 43.0 Å². The standard InChI is InChI=1S/C13H23NOS/c1-6-14-11(9-13(3,4)15-5)12-8-7-10(2)16-12/h7-8,11,14H,6,9H2,1-5H3. The van der Waals surface area contributed by atoms with Crippen LogP contribution in [0.3, 0.4) is 0 Å². The van der Waals surface area contributed by atoms with Crippen molar-refractivity contribution in [1.82, 2.24) is 5.32 Å². The van der Waals surface area contributed by atoms with Crippen LogP contribution in [0.4, 0.5) is 0 Å². The number of rotatable bonds is 6. The Balaban J connectivity index is 2.75. The molecule has 0 aliphatic carbocycles. The van der Waals surface area contributed by atoms with E-state index in [2.05, 4.69) is 45.1 Å². The highest BCUT2D eigenvalue weighted by Crippen LogP contribution is 2.30. The van der Waals surface area contributed by atoms with Crippen molar-refractivity contribution in [3.63, 3.8) is 0 Å². The number of thiophene rings is 1. The van der Waals surface area contributed by atoms with Gasteiger partial charge in [0.25, 0.3) is 0 Å². The first-order valence-electron chi connectivity index (χ1n) is 5.83. The molecule has 0 aliphatic heterocycles. The molecule has 0 aliphatic rings. The van der Waals surface area contributed by atoms with Gasteiger partial charge in [0.15, 0.2) is 0 Å². The molecule has 0 fully saturated rings. The smallest absolute Gasteiger partial charge is 0.0641 e. The molecule has 0 saturated heterocycles. The summed E-state index contributed by atoms with van der Waals surface area (Å²) >= 11 is 1.87. The monoisotopic (exact) mass is 241 g/mol. The summed E-state index contributed by atoms with van der Waals surface area (Å²) in [5.74, 6) is 0. The lowest BCUT2D eigenvalue weighted by Gasteiger charge is -2.28. The molecule has 0 aromatic carbocycles. The Morgan fingerprint density at radius 2 is 2.12 bits per heavy atom. The second-order valence-corrected chi connectivity index (χ2v) is 6.05. The first-order valence-corrected chi connectivity index (χ1v) is 6.65. The Morgan fingerprint density at radius 3 is 2.56 bits per heavy atom. The van der Waals surface area contributed by atoms with Gasteiger partial charge in [-0.25, -0.2) is 0 Å². The van der Waals surface area contributed by atoms with Gasteiger partial charge >= 0.3 is 0 Å². The van der Waals surface area contributed by atoms with Crippen LogP contribution in [0.25, 0.3) is 0 Å². The minimum absolute atomic E-state index is 0.0786. The highest BCUT2D eigenvalue weighted by molar-refractivity contribution is 7.12. The van der Waals surface area contributed by atoms with Crippen molar-refractivity contribution in [1.29, 1.82) is 0 Å². The minimum Gasteiger partial charge on any atom is -0.379 e. The van der Waals surface area contributed by atoms with Crippen molar-refractivity contribution in [3.8, 4) is 0 Å². The van der Waals surface area contributed by atoms with Crippen LogP contribution in [0, 0.1) is 6.92 Å². The van der Waals surface area contributed by atoms with Gasteiger partial charge in [-0.3, -0.25) is 0 Å². The van der Waals surface area contributed by atoms with Crippen LogP contribution in [-0.4, -0.2) is 19.3 Å². The van der Waals surface area contributed by atoms with Crippen LogP contribution >= 0.6 is 11.3 Å². The maximum Gasteiger partial charge on any atom is 0.0641 e. The van der Waals surface area contributed by atoms with Crippen molar-refractivity contribution in [2.45, 2.75) is 45.8 Å². The SMILES string of the molecule is CCNC(CC(C)(C)OC)c1ccc(C)s1. The quantitative estimate of drug-likeness (QED) is 0.822. The molecule has 0 radical (unpaired) electrons. The molecule has 1 aromatic rings. The molecule has 0 spiro atoms. The van der Waals surface area contributed by atoms with Gasteiger partial charge in [0.1, 0.15) is 0 Å². The van der Waals surface area contributed by atoms with Gasteiger partial charge in [-0.1, -0.05) is 6.92 Å². The Morgan fingerprint density at radius 1 is 1.44 bits per heavy atom. The van der Waals surface area contributed by atoms with E-state index in [0.717, 1.165) is 13.0 Å². The maximum atomic E-state index is 5.51. The van der Waals surface area contributed by atoms with Gasteiger partial charge in [-0.05, 0) is 45.9 Å². The molecule has 1 N–H and O–H groups in total. The molecular weight excluding hydrogens is 218 g/mol. The Hall–Kier alpha value is -0.380. The number of methoxy groups -OCH3 is 1. The predicted molar refractivity (Wildman–Crippen MR) is 71.2 cm³/mol. The molecular formula is C13H23NOS. The molecule has 0 bridgehead atoms. The first kappa shape index (κ1) is 13.7. The lowest BCUT2D eigenvalue weighted by molar-refractivity contribution is 0.00726. The predicted octanol–water partition coefficient (Wildman–Crippen LogP) is 3.52. The molecule has 1 rings (SSSR count). The molecule has 92 valence electrons. The normalized spacial score (nSPS) is 14.1. The number of aryl methyl sites for hydroxylation is 1. The summed E-state index contributed by atoms with van der Waals surface area (Å²) in [6.45, 7) is 9.56. The average molecular weight is 241 g/mol. The van der Waals surface area contributed by atoms with E-state index in [0.29, 0.717) is 6.04 Å². The van der Waals surface area contributed by atoms with Crippen LogP contribution in [0.2, 0.25) is 0 Å². The Bertz CT molecular complexity index is 319. The molecule has 16 heavy (non-hydrogen) atoms. The van der Waals surface area contributed by atoms with E-state index in [1.165, 1.54) is 9.75 Å². The molecule has 0 saturated carbocycles. The van der Waals surface area contributed by atoms with E-state index >= 15 is 0 Å². The van der Waals surface area contributed by atoms with Gasteiger partial charge in [0.2, 0.25) is 0 Å². The van der Waals surface area contributed by atoms with Gasteiger partial charge in [-0.15, -0.1) is 11.3 Å². The van der Waals surface area contributed by atoms with E-state index in [1.807, 2.05) is 11.3 Å². The molecule has 3 heteroatoms. The molecule has 0 amide bonds. The fourth-order valence-corrected chi connectivity index (χ4v) is 2.69. The number of hydrogen-bond acceptors (Lipinski definition) is 3. The van der Waals surface area contributed by atoms with Crippen molar-refractivity contribution in [3.05, 3.63) is 21.9 Å². The summed E-state index contributed by atoms with van der Waals surface area (Å²) in [6.07, 6.45) is 0.997. The summed E-state index contributed by atoms with van der Waals surface area (Å²) in [6, 6.07) is 4.81. The van der Waals surface area contributed by atoms with Gasteiger partial charge in [0.05, 0.1) is 5.60 Å². The zero-order chi connectivity index (χ0) is 12.2. The molecule has 1 heterocycles. The van der Waals surface area contributed by atoms with Gasteiger partial charge in [-0.2, -0.15) is 0 Å². The highest BCUT2D eigenvalue weighted by atomic mass is 32.1. The largest absolute Gasteiger partial charge is 0.379 e. The number of ether oxygens (including phenoxy) is 1. The Labute approximate surface area is 103 Å². The number of nitrogens with one attached hydrogen (secondary N) is 1. The molecule has 1 aromatic heterocycles. The zero-order valence-electron chi connectivity index (χ0n) is 11.0. The third kappa shape index (κ3) is 3.89. The average Bonchev–Trinajstić information content (AvgIpc) is 2.64. The second-order valence-electron chi connectivity index (χ2n) is 4.73. The van der Waals surface area contributed by atoms with Crippen LogP contribution in [-0.2, 0) is 4.74 Å². The maximum absolute atomic E-state index is 5.51. The van der Waals surface area contributed by atoms with Crippen molar-refractivity contribution < 1.29 is 4.74 Å². The Kier molecular flexibility index (Phi) is 4.96. The highest BCUT2D eigenvalue weighted by Gasteiger charge is 2.24. The van der Waals surface area contributed by atoms with E-state index < -0.39 is 0 Å². The second kappa shape index (κ2) is 5.80. The summed E-state index contributed by atoms with van der Waals surface area (Å²) in [7, 11) is 1.78. The topological polar surface area (TPSA) is 21.3 Å². The fraction of sp³-hybridized carbons (Fsp3) is 0.692. The molecule has 2 nitrogen and oxygen atoms in total. The van der Waals surface area contributed by atoms with E-state index in [9.17, 15) is 0 Å². The summed E-state index contributed by atoms with van der Waals surface area (Å²) < 4.78 is 5.51. The van der Waals surface area contributed by atoms with E-state index in [-0.39, 0.29) is 5.60 Å². The van der Waals surface area contributed by atoms with Crippen LogP contribution in [0.15, 0.2) is 12.1 Å². The van der Waals surface area contributed by atoms with Crippen molar-refractivity contribution in [2.75, 3.05) is 13.7 Å². The third-order valence-electron chi connectivity index (χ3n) is 2.80. The summed E-state index contributed by atoms with van der Waals surface area (Å²) in [5, 5.41) is 3.53.